The summed E-state index contributed by atoms with van der Waals surface area (Å²) in [5, 5.41) is 0. The van der Waals surface area contributed by atoms with Gasteiger partial charge in [0, 0.05) is 7.26 Å². The molecule has 0 spiro atoms. The van der Waals surface area contributed by atoms with Crippen molar-refractivity contribution in [1.82, 2.24) is 0 Å². The van der Waals surface area contributed by atoms with E-state index in [1.54, 1.807) is 0 Å². The van der Waals surface area contributed by atoms with Crippen molar-refractivity contribution in [1.29, 1.82) is 0 Å². The third-order valence-corrected chi connectivity index (χ3v) is 7.65. The summed E-state index contributed by atoms with van der Waals surface area (Å²) in [5.41, 5.74) is 0. The predicted octanol–water partition coefficient (Wildman–Crippen LogP) is 2.55. The molecule has 0 heterocycles. The Morgan fingerprint density at radius 1 is 0.812 bits per heavy atom. The largest absolute Gasteiger partial charge is 1.00 e. The second-order valence-corrected chi connectivity index (χ2v) is 8.78. The van der Waals surface area contributed by atoms with Crippen molar-refractivity contribution in [3.63, 3.8) is 0 Å². The van der Waals surface area contributed by atoms with Gasteiger partial charge >= 0.3 is 0 Å². The molecule has 0 N–H and O–H groups in total. The maximum Gasteiger partial charge on any atom is 0.0635 e. The van der Waals surface area contributed by atoms with E-state index in [4.69, 9.17) is 0 Å². The molecule has 0 aliphatic heterocycles. The Morgan fingerprint density at radius 2 is 1.12 bits per heavy atom. The third-order valence-electron chi connectivity index (χ3n) is 3.26. The van der Waals surface area contributed by atoms with Crippen molar-refractivity contribution in [3.8, 4) is 0 Å². The second kappa shape index (κ2) is 12.1. The lowest BCUT2D eigenvalue weighted by atomic mass is 10.4. The molecule has 0 saturated heterocycles. The molecule has 0 nitrogen and oxygen atoms in total. The van der Waals surface area contributed by atoms with Gasteiger partial charge in [-0.3, -0.25) is 0 Å². The fraction of sp³-hybridized carbons (Fsp3) is 0.857. The van der Waals surface area contributed by atoms with Gasteiger partial charge < -0.3 is 17.0 Å². The molecule has 0 aromatic rings. The summed E-state index contributed by atoms with van der Waals surface area (Å²) in [4.78, 5) is 0. The highest BCUT2D eigenvalue weighted by Crippen LogP contribution is 2.61. The van der Waals surface area contributed by atoms with Gasteiger partial charge in [-0.25, -0.2) is 0 Å². The smallest absolute Gasteiger partial charge is 0.0635 e. The zero-order chi connectivity index (χ0) is 11.6. The quantitative estimate of drug-likeness (QED) is 0.544. The number of hydrogen-bond acceptors (Lipinski definition) is 0. The summed E-state index contributed by atoms with van der Waals surface area (Å²) in [6.45, 7) is 11.1. The average Bonchev–Trinajstić information content (AvgIpc) is 2.29. The highest BCUT2D eigenvalue weighted by atomic mass is 79.9. The minimum absolute atomic E-state index is 0. The Morgan fingerprint density at radius 3 is 1.31 bits per heavy atom. The van der Waals surface area contributed by atoms with E-state index >= 15 is 0 Å². The Hall–Kier alpha value is 0.650. The van der Waals surface area contributed by atoms with Gasteiger partial charge in [0.15, 0.2) is 0 Å². The SMILES string of the molecule is C=C[P+](CCCC)(CCCC)CCCC.[Br-]. The maximum absolute atomic E-state index is 4.14. The van der Waals surface area contributed by atoms with E-state index in [-0.39, 0.29) is 17.0 Å². The minimum Gasteiger partial charge on any atom is -1.00 e. The Bertz CT molecular complexity index is 135. The first-order valence-electron chi connectivity index (χ1n) is 6.74. The zero-order valence-electron chi connectivity index (χ0n) is 11.5. The molecule has 0 rings (SSSR count). The number of rotatable bonds is 10. The highest BCUT2D eigenvalue weighted by molar-refractivity contribution is 7.78. The molecule has 98 valence electrons. The van der Waals surface area contributed by atoms with Crippen LogP contribution >= 0.6 is 7.26 Å². The lowest BCUT2D eigenvalue weighted by molar-refractivity contribution is -0.00000349. The summed E-state index contributed by atoms with van der Waals surface area (Å²) >= 11 is 0. The molecule has 0 bridgehead atoms. The van der Waals surface area contributed by atoms with Crippen LogP contribution in [0.4, 0.5) is 0 Å². The Balaban J connectivity index is 0. The predicted molar refractivity (Wildman–Crippen MR) is 76.4 cm³/mol. The molecule has 2 heteroatoms. The summed E-state index contributed by atoms with van der Waals surface area (Å²) < 4.78 is 0. The first-order valence-corrected chi connectivity index (χ1v) is 9.15. The van der Waals surface area contributed by atoms with E-state index in [9.17, 15) is 0 Å². The van der Waals surface area contributed by atoms with Crippen LogP contribution in [0.15, 0.2) is 12.4 Å². The Kier molecular flexibility index (Phi) is 14.4. The van der Waals surface area contributed by atoms with Gasteiger partial charge in [-0.15, -0.1) is 0 Å². The molecule has 0 aromatic heterocycles. The van der Waals surface area contributed by atoms with E-state index in [1.165, 1.54) is 57.0 Å². The summed E-state index contributed by atoms with van der Waals surface area (Å²) in [5.74, 6) is 2.37. The van der Waals surface area contributed by atoms with Crippen molar-refractivity contribution >= 4 is 7.26 Å². The maximum atomic E-state index is 4.14. The molecule has 0 atom stereocenters. The standard InChI is InChI=1S/C14H30P.BrH/c1-5-9-12-15(8-4,13-10-6-2)14-11-7-3;/h8H,4-7,9-14H2,1-3H3;1H/q+1;/p-1. The van der Waals surface area contributed by atoms with Gasteiger partial charge in [0.05, 0.1) is 24.3 Å². The summed E-state index contributed by atoms with van der Waals surface area (Å²) in [7, 11) is -0.763. The van der Waals surface area contributed by atoms with Crippen LogP contribution in [0.2, 0.25) is 0 Å². The van der Waals surface area contributed by atoms with Gasteiger partial charge in [-0.2, -0.15) is 0 Å². The normalized spacial score (nSPS) is 10.9. The minimum atomic E-state index is -0.763. The average molecular weight is 309 g/mol. The van der Waals surface area contributed by atoms with E-state index in [0.29, 0.717) is 0 Å². The first kappa shape index (κ1) is 19.0. The molecular formula is C14H30BrP. The third kappa shape index (κ3) is 7.85. The monoisotopic (exact) mass is 308 g/mol. The van der Waals surface area contributed by atoms with Crippen molar-refractivity contribution < 1.29 is 17.0 Å². The van der Waals surface area contributed by atoms with Crippen LogP contribution in [0.5, 0.6) is 0 Å². The van der Waals surface area contributed by atoms with Gasteiger partial charge in [-0.1, -0.05) is 46.6 Å². The fourth-order valence-electron chi connectivity index (χ4n) is 2.03. The van der Waals surface area contributed by atoms with E-state index in [2.05, 4.69) is 33.2 Å². The van der Waals surface area contributed by atoms with Crippen LogP contribution < -0.4 is 17.0 Å². The number of hydrogen-bond donors (Lipinski definition) is 0. The van der Waals surface area contributed by atoms with E-state index in [1.807, 2.05) is 0 Å². The van der Waals surface area contributed by atoms with Crippen molar-refractivity contribution in [3.05, 3.63) is 12.4 Å². The highest BCUT2D eigenvalue weighted by Gasteiger charge is 2.31. The topological polar surface area (TPSA) is 0 Å². The van der Waals surface area contributed by atoms with Crippen molar-refractivity contribution in [2.24, 2.45) is 0 Å². The van der Waals surface area contributed by atoms with E-state index in [0.717, 1.165) is 0 Å². The molecular weight excluding hydrogens is 279 g/mol. The van der Waals surface area contributed by atoms with Crippen LogP contribution in [0.3, 0.4) is 0 Å². The van der Waals surface area contributed by atoms with Crippen LogP contribution in [0.25, 0.3) is 0 Å². The van der Waals surface area contributed by atoms with E-state index < -0.39 is 7.26 Å². The van der Waals surface area contributed by atoms with Crippen LogP contribution in [0, 0.1) is 0 Å². The van der Waals surface area contributed by atoms with Gasteiger partial charge in [-0.05, 0) is 19.3 Å². The molecule has 0 fully saturated rings. The summed E-state index contributed by atoms with van der Waals surface area (Å²) in [6, 6.07) is 0. The first-order chi connectivity index (χ1) is 7.24. The molecule has 0 aromatic carbocycles. The van der Waals surface area contributed by atoms with Crippen molar-refractivity contribution in [2.75, 3.05) is 18.5 Å². The molecule has 0 radical (unpaired) electrons. The fourth-order valence-corrected chi connectivity index (χ4v) is 6.08. The molecule has 16 heavy (non-hydrogen) atoms. The molecule has 0 amide bonds. The number of unbranched alkanes of at least 4 members (excludes halogenated alkanes) is 3. The molecule has 0 unspecified atom stereocenters. The van der Waals surface area contributed by atoms with Gasteiger partial charge in [0.25, 0.3) is 0 Å². The van der Waals surface area contributed by atoms with Crippen LogP contribution in [0.1, 0.15) is 59.3 Å². The summed E-state index contributed by atoms with van der Waals surface area (Å²) in [6.07, 6.45) is 12.6. The van der Waals surface area contributed by atoms with Gasteiger partial charge in [0.1, 0.15) is 0 Å². The molecule has 0 aliphatic rings. The second-order valence-electron chi connectivity index (χ2n) is 4.63. The number of halogens is 1. The zero-order valence-corrected chi connectivity index (χ0v) is 14.0. The molecule has 0 aliphatic carbocycles. The lowest BCUT2D eigenvalue weighted by Crippen LogP contribution is -3.00. The van der Waals surface area contributed by atoms with Gasteiger partial charge in [0.2, 0.25) is 0 Å². The van der Waals surface area contributed by atoms with Crippen LogP contribution in [-0.4, -0.2) is 18.5 Å². The Labute approximate surface area is 114 Å². The molecule has 0 saturated carbocycles. The van der Waals surface area contributed by atoms with Crippen LogP contribution in [-0.2, 0) is 0 Å². The lowest BCUT2D eigenvalue weighted by Gasteiger charge is -2.23. The van der Waals surface area contributed by atoms with Crippen molar-refractivity contribution in [2.45, 2.75) is 59.3 Å².